The fraction of sp³-hybridized carbons (Fsp3) is 0. The van der Waals surface area contributed by atoms with Crippen molar-refractivity contribution in [3.05, 3.63) is 0 Å². The highest BCUT2D eigenvalue weighted by atomic mass is 31.3. The average Bonchev–Trinajstić information content (AvgIpc) is 1.42. The Labute approximate surface area is 89.0 Å². The number of hydrogen-bond acceptors (Lipinski definition) is 6. The van der Waals surface area contributed by atoms with Gasteiger partial charge < -0.3 is 46.6 Å². The molecule has 0 aromatic heterocycles. The highest BCUT2D eigenvalue weighted by Gasteiger charge is 2.20. The van der Waals surface area contributed by atoms with Gasteiger partial charge >= 0.3 is 7.82 Å². The Hall–Kier alpha value is 0.290. The Morgan fingerprint density at radius 3 is 1.00 bits per heavy atom. The Bertz CT molecular complexity index is 262. The van der Waals surface area contributed by atoms with E-state index in [1.165, 1.54) is 0 Å². The van der Waals surface area contributed by atoms with Gasteiger partial charge in [0.2, 0.25) is 0 Å². The molecule has 0 spiro atoms. The smallest absolute Gasteiger partial charge is 0.476 e. The van der Waals surface area contributed by atoms with E-state index >= 15 is 0 Å². The minimum absolute atomic E-state index is 0. The predicted molar refractivity (Wildman–Crippen MR) is 47.0 cm³/mol. The van der Waals surface area contributed by atoms with Crippen LogP contribution in [0.1, 0.15) is 0 Å². The summed E-state index contributed by atoms with van der Waals surface area (Å²) in [4.78, 5) is 55.5. The highest BCUT2D eigenvalue weighted by Crippen LogP contribution is 2.51. The molecular formula is H13N2O11P3. The molecule has 104 valence electrons. The van der Waals surface area contributed by atoms with E-state index in [4.69, 9.17) is 33.9 Å². The molecule has 0 aromatic rings. The Morgan fingerprint density at radius 1 is 0.812 bits per heavy atom. The first-order chi connectivity index (χ1) is 5.71. The third-order valence-corrected chi connectivity index (χ3v) is 1.89. The Balaban J connectivity index is -0.0000000904. The third kappa shape index (κ3) is 63.8. The zero-order valence-electron chi connectivity index (χ0n) is 8.03. The summed E-state index contributed by atoms with van der Waals surface area (Å²) in [6.45, 7) is 0. The van der Waals surface area contributed by atoms with Gasteiger partial charge in [0, 0.05) is 0 Å². The second kappa shape index (κ2) is 8.39. The van der Waals surface area contributed by atoms with E-state index in [2.05, 4.69) is 4.31 Å². The minimum Gasteiger partial charge on any atom is -0.756 e. The lowest BCUT2D eigenvalue weighted by Crippen LogP contribution is -2.01. The van der Waals surface area contributed by atoms with Gasteiger partial charge in [0.1, 0.15) is 0 Å². The van der Waals surface area contributed by atoms with Gasteiger partial charge in [0.15, 0.2) is 0 Å². The normalized spacial score (nSPS) is 14.4. The molecule has 13 nitrogen and oxygen atoms in total. The van der Waals surface area contributed by atoms with Gasteiger partial charge in [-0.2, -0.15) is 0 Å². The molecule has 0 bridgehead atoms. The SMILES string of the molecule is O=P([O-])(O)O.O=P([O-])(O)OP(=O)(O)O.[NH4+].[NH4+]. The number of hydrogen-bond donors (Lipinski definition) is 7. The molecule has 13 N–H and O–H groups in total. The van der Waals surface area contributed by atoms with Gasteiger partial charge in [0.05, 0.1) is 0 Å². The molecular weight excluding hydrogens is 297 g/mol. The van der Waals surface area contributed by atoms with Gasteiger partial charge in [-0.1, -0.05) is 0 Å². The molecule has 0 aliphatic carbocycles. The van der Waals surface area contributed by atoms with Crippen molar-refractivity contribution >= 4 is 23.5 Å². The fourth-order valence-corrected chi connectivity index (χ4v) is 1.21. The van der Waals surface area contributed by atoms with Gasteiger partial charge in [-0.3, -0.25) is 9.13 Å². The lowest BCUT2D eigenvalue weighted by molar-refractivity contribution is -0.215. The van der Waals surface area contributed by atoms with Gasteiger partial charge in [-0.25, -0.2) is 8.88 Å². The summed E-state index contributed by atoms with van der Waals surface area (Å²) >= 11 is 0. The van der Waals surface area contributed by atoms with E-state index in [-0.39, 0.29) is 12.3 Å². The predicted octanol–water partition coefficient (Wildman–Crippen LogP) is -2.25. The average molecular weight is 310 g/mol. The monoisotopic (exact) mass is 310 g/mol. The molecule has 0 saturated carbocycles. The first-order valence-corrected chi connectivity index (χ1v) is 6.83. The lowest BCUT2D eigenvalue weighted by atomic mass is 14.0. The molecule has 0 fully saturated rings. The van der Waals surface area contributed by atoms with Crippen molar-refractivity contribution in [1.82, 2.24) is 12.3 Å². The summed E-state index contributed by atoms with van der Waals surface area (Å²) in [6.07, 6.45) is 0. The maximum absolute atomic E-state index is 9.59. The standard InChI is InChI=1S/2H3N.H4O7P2.H3O4P/c;;1-8(2,3)7-9(4,5)6;1-5(2,3)4/h2*1H3;(H2,1,2,3)(H2,4,5,6);(H3,1,2,3,4). The molecule has 16 heavy (non-hydrogen) atoms. The highest BCUT2D eigenvalue weighted by molar-refractivity contribution is 7.59. The van der Waals surface area contributed by atoms with E-state index in [1.54, 1.807) is 0 Å². The summed E-state index contributed by atoms with van der Waals surface area (Å²) in [5, 5.41) is 0. The van der Waals surface area contributed by atoms with Crippen LogP contribution in [0.2, 0.25) is 0 Å². The quantitative estimate of drug-likeness (QED) is 0.267. The van der Waals surface area contributed by atoms with Crippen molar-refractivity contribution in [1.29, 1.82) is 0 Å². The van der Waals surface area contributed by atoms with Gasteiger partial charge in [0.25, 0.3) is 15.6 Å². The van der Waals surface area contributed by atoms with Crippen molar-refractivity contribution in [3.63, 3.8) is 0 Å². The van der Waals surface area contributed by atoms with Crippen LogP contribution >= 0.6 is 23.5 Å². The summed E-state index contributed by atoms with van der Waals surface area (Å²) in [6, 6.07) is 0. The van der Waals surface area contributed by atoms with Gasteiger partial charge in [-0.15, -0.1) is 0 Å². The number of quaternary nitrogens is 2. The molecule has 0 rings (SSSR count). The second-order valence-electron chi connectivity index (χ2n) is 1.53. The van der Waals surface area contributed by atoms with Crippen LogP contribution in [-0.4, -0.2) is 24.5 Å². The van der Waals surface area contributed by atoms with Crippen molar-refractivity contribution in [2.24, 2.45) is 0 Å². The summed E-state index contributed by atoms with van der Waals surface area (Å²) < 4.78 is 30.7. The molecule has 16 heteroatoms. The van der Waals surface area contributed by atoms with E-state index in [0.29, 0.717) is 0 Å². The summed E-state index contributed by atoms with van der Waals surface area (Å²) in [5.41, 5.74) is 0. The molecule has 0 heterocycles. The maximum atomic E-state index is 9.59. The van der Waals surface area contributed by atoms with Crippen molar-refractivity contribution in [2.45, 2.75) is 0 Å². The van der Waals surface area contributed by atoms with E-state index in [0.717, 1.165) is 0 Å². The van der Waals surface area contributed by atoms with Crippen LogP contribution < -0.4 is 22.1 Å². The first kappa shape index (κ1) is 25.2. The van der Waals surface area contributed by atoms with Crippen LogP contribution in [0.15, 0.2) is 0 Å². The minimum atomic E-state index is -5.30. The largest absolute Gasteiger partial charge is 0.756 e. The van der Waals surface area contributed by atoms with Crippen molar-refractivity contribution in [2.75, 3.05) is 0 Å². The molecule has 0 aromatic carbocycles. The van der Waals surface area contributed by atoms with Crippen LogP contribution in [-0.2, 0) is 18.0 Å². The third-order valence-electron chi connectivity index (χ3n) is 0.210. The van der Waals surface area contributed by atoms with Crippen LogP contribution in [0, 0.1) is 0 Å². The maximum Gasteiger partial charge on any atom is 0.476 e. The topological polar surface area (TPSA) is 281 Å². The zero-order chi connectivity index (χ0) is 12.2. The number of rotatable bonds is 2. The Kier molecular flexibility index (Phi) is 13.2. The van der Waals surface area contributed by atoms with Crippen LogP contribution in [0.25, 0.3) is 0 Å². The molecule has 1 atom stereocenters. The van der Waals surface area contributed by atoms with Crippen molar-refractivity contribution in [3.8, 4) is 0 Å². The fourth-order valence-electron chi connectivity index (χ4n) is 0.134. The molecule has 0 radical (unpaired) electrons. The molecule has 0 aliphatic heterocycles. The van der Waals surface area contributed by atoms with E-state index in [1.807, 2.05) is 0 Å². The van der Waals surface area contributed by atoms with E-state index < -0.39 is 23.5 Å². The summed E-state index contributed by atoms with van der Waals surface area (Å²) in [5.74, 6) is 0. The van der Waals surface area contributed by atoms with Gasteiger partial charge in [-0.05, 0) is 0 Å². The van der Waals surface area contributed by atoms with E-state index in [9.17, 15) is 14.0 Å². The molecule has 0 amide bonds. The van der Waals surface area contributed by atoms with Crippen LogP contribution in [0.3, 0.4) is 0 Å². The van der Waals surface area contributed by atoms with Crippen LogP contribution in [0.4, 0.5) is 0 Å². The lowest BCUT2D eigenvalue weighted by Gasteiger charge is -2.14. The number of phosphoric acid groups is 3. The van der Waals surface area contributed by atoms with Crippen LogP contribution in [0.5, 0.6) is 0 Å². The molecule has 0 aliphatic rings. The second-order valence-corrected chi connectivity index (χ2v) is 5.08. The molecule has 1 unspecified atom stereocenters. The molecule has 0 saturated heterocycles. The van der Waals surface area contributed by atoms with Crippen molar-refractivity contribution < 1.29 is 52.3 Å². The Morgan fingerprint density at radius 2 is 1.00 bits per heavy atom. The first-order valence-electron chi connectivity index (χ1n) is 2.28. The summed E-state index contributed by atoms with van der Waals surface area (Å²) in [7, 11) is -15.3. The zero-order valence-corrected chi connectivity index (χ0v) is 10.7.